The van der Waals surface area contributed by atoms with Crippen molar-refractivity contribution >= 4 is 46.3 Å². The van der Waals surface area contributed by atoms with Crippen LogP contribution < -0.4 is 19.1 Å². The predicted molar refractivity (Wildman–Crippen MR) is 134 cm³/mol. The van der Waals surface area contributed by atoms with Crippen molar-refractivity contribution in [2.45, 2.75) is 6.04 Å². The lowest BCUT2D eigenvalue weighted by Crippen LogP contribution is -2.29. The molecule has 0 aromatic heterocycles. The molecule has 0 saturated carbocycles. The SMILES string of the molecule is COc1cccc(N2C(=O)C(=O)/C(=C(/O)c3cc(Cl)c(OC)c(Cl)c3OC)C2c2ccccc2F)c1. The number of ether oxygens (including phenoxy) is 3. The first kappa shape index (κ1) is 25.3. The number of methoxy groups -OCH3 is 3. The Hall–Kier alpha value is -3.75. The van der Waals surface area contributed by atoms with Gasteiger partial charge < -0.3 is 19.3 Å². The molecule has 1 aliphatic heterocycles. The number of rotatable bonds is 6. The highest BCUT2D eigenvalue weighted by Crippen LogP contribution is 2.48. The predicted octanol–water partition coefficient (Wildman–Crippen LogP) is 5.78. The molecule has 1 aliphatic rings. The van der Waals surface area contributed by atoms with Gasteiger partial charge in [-0.25, -0.2) is 4.39 Å². The van der Waals surface area contributed by atoms with Gasteiger partial charge in [-0.2, -0.15) is 0 Å². The van der Waals surface area contributed by atoms with Crippen LogP contribution in [0.3, 0.4) is 0 Å². The Bertz CT molecular complexity index is 1410. The van der Waals surface area contributed by atoms with Gasteiger partial charge in [-0.3, -0.25) is 14.5 Å². The summed E-state index contributed by atoms with van der Waals surface area (Å²) in [7, 11) is 4.10. The third kappa shape index (κ3) is 4.12. The first-order valence-corrected chi connectivity index (χ1v) is 11.3. The molecule has 1 saturated heterocycles. The number of ketones is 1. The largest absolute Gasteiger partial charge is 0.507 e. The number of carbonyl (C=O) groups excluding carboxylic acids is 2. The van der Waals surface area contributed by atoms with Gasteiger partial charge in [-0.15, -0.1) is 0 Å². The molecule has 3 aromatic rings. The number of carbonyl (C=O) groups is 2. The van der Waals surface area contributed by atoms with E-state index < -0.39 is 29.3 Å². The summed E-state index contributed by atoms with van der Waals surface area (Å²) in [6.45, 7) is 0. The van der Waals surface area contributed by atoms with Gasteiger partial charge in [0.2, 0.25) is 0 Å². The van der Waals surface area contributed by atoms with E-state index in [1.54, 1.807) is 24.3 Å². The Morgan fingerprint density at radius 3 is 2.28 bits per heavy atom. The molecule has 1 amide bonds. The number of aliphatic hydroxyl groups is 1. The van der Waals surface area contributed by atoms with Crippen molar-refractivity contribution in [3.63, 3.8) is 0 Å². The van der Waals surface area contributed by atoms with Crippen LogP contribution in [-0.4, -0.2) is 38.1 Å². The van der Waals surface area contributed by atoms with Gasteiger partial charge in [0.15, 0.2) is 11.5 Å². The summed E-state index contributed by atoms with van der Waals surface area (Å²) in [4.78, 5) is 27.8. The minimum absolute atomic E-state index is 0.00857. The highest BCUT2D eigenvalue weighted by Gasteiger charge is 2.48. The van der Waals surface area contributed by atoms with Crippen molar-refractivity contribution in [2.24, 2.45) is 0 Å². The average Bonchev–Trinajstić information content (AvgIpc) is 3.14. The molecule has 0 aliphatic carbocycles. The first-order valence-electron chi connectivity index (χ1n) is 10.5. The molecule has 1 heterocycles. The summed E-state index contributed by atoms with van der Waals surface area (Å²) >= 11 is 12.6. The molecular formula is C26H20Cl2FNO6. The monoisotopic (exact) mass is 531 g/mol. The second-order valence-corrected chi connectivity index (χ2v) is 8.46. The maximum atomic E-state index is 15.1. The van der Waals surface area contributed by atoms with E-state index in [1.807, 2.05) is 0 Å². The summed E-state index contributed by atoms with van der Waals surface area (Å²) in [5.74, 6) is -2.87. The number of Topliss-reactive ketones (excluding diaryl/α,β-unsaturated/α-hetero) is 1. The smallest absolute Gasteiger partial charge is 0.300 e. The van der Waals surface area contributed by atoms with Crippen LogP contribution in [0.2, 0.25) is 10.0 Å². The summed E-state index contributed by atoms with van der Waals surface area (Å²) in [5.41, 5.74) is -0.186. The van der Waals surface area contributed by atoms with E-state index in [1.165, 1.54) is 51.7 Å². The van der Waals surface area contributed by atoms with Gasteiger partial charge in [0.05, 0.1) is 43.5 Å². The second-order valence-electron chi connectivity index (χ2n) is 7.68. The number of nitrogens with zero attached hydrogens (tertiary/aromatic N) is 1. The van der Waals surface area contributed by atoms with E-state index in [-0.39, 0.29) is 43.9 Å². The molecule has 0 bridgehead atoms. The topological polar surface area (TPSA) is 85.3 Å². The Kier molecular flexibility index (Phi) is 7.10. The molecule has 1 N–H and O–H groups in total. The van der Waals surface area contributed by atoms with Crippen molar-refractivity contribution in [1.29, 1.82) is 0 Å². The summed E-state index contributed by atoms with van der Waals surface area (Å²) in [5, 5.41) is 11.4. The van der Waals surface area contributed by atoms with Gasteiger partial charge in [0, 0.05) is 17.3 Å². The summed E-state index contributed by atoms with van der Waals surface area (Å²) < 4.78 is 30.9. The summed E-state index contributed by atoms with van der Waals surface area (Å²) in [6, 6.07) is 12.0. The van der Waals surface area contributed by atoms with Crippen LogP contribution in [0.1, 0.15) is 17.2 Å². The molecule has 0 radical (unpaired) electrons. The zero-order valence-corrected chi connectivity index (χ0v) is 20.9. The number of anilines is 1. The van der Waals surface area contributed by atoms with E-state index in [2.05, 4.69) is 0 Å². The minimum Gasteiger partial charge on any atom is -0.507 e. The Morgan fingerprint density at radius 2 is 1.64 bits per heavy atom. The number of benzene rings is 3. The fourth-order valence-corrected chi connectivity index (χ4v) is 4.83. The summed E-state index contributed by atoms with van der Waals surface area (Å²) in [6.07, 6.45) is 0. The average molecular weight is 532 g/mol. The third-order valence-corrected chi connectivity index (χ3v) is 6.39. The zero-order valence-electron chi connectivity index (χ0n) is 19.3. The Morgan fingerprint density at radius 1 is 0.944 bits per heavy atom. The van der Waals surface area contributed by atoms with Crippen molar-refractivity contribution < 1.29 is 33.3 Å². The zero-order chi connectivity index (χ0) is 26.1. The fourth-order valence-electron chi connectivity index (χ4n) is 4.14. The van der Waals surface area contributed by atoms with E-state index in [9.17, 15) is 14.7 Å². The van der Waals surface area contributed by atoms with Crippen LogP contribution >= 0.6 is 23.2 Å². The van der Waals surface area contributed by atoms with Crippen LogP contribution in [0.4, 0.5) is 10.1 Å². The van der Waals surface area contributed by atoms with Gasteiger partial charge >= 0.3 is 0 Å². The molecule has 1 fully saturated rings. The van der Waals surface area contributed by atoms with Crippen molar-refractivity contribution in [1.82, 2.24) is 0 Å². The first-order chi connectivity index (χ1) is 17.2. The van der Waals surface area contributed by atoms with E-state index in [0.717, 1.165) is 4.90 Å². The molecule has 3 aromatic carbocycles. The third-order valence-electron chi connectivity index (χ3n) is 5.77. The molecule has 4 rings (SSSR count). The second kappa shape index (κ2) is 10.1. The number of aliphatic hydroxyl groups excluding tert-OH is 1. The van der Waals surface area contributed by atoms with Crippen molar-refractivity contribution in [2.75, 3.05) is 26.2 Å². The Balaban J connectivity index is 2.04. The maximum absolute atomic E-state index is 15.1. The lowest BCUT2D eigenvalue weighted by Gasteiger charge is -2.26. The van der Waals surface area contributed by atoms with Gasteiger partial charge in [-0.05, 0) is 24.3 Å². The van der Waals surface area contributed by atoms with E-state index in [4.69, 9.17) is 37.4 Å². The molecule has 1 unspecified atom stereocenters. The molecule has 10 heteroatoms. The number of hydrogen-bond acceptors (Lipinski definition) is 6. The highest BCUT2D eigenvalue weighted by molar-refractivity contribution is 6.52. The maximum Gasteiger partial charge on any atom is 0.300 e. The quantitative estimate of drug-likeness (QED) is 0.246. The Labute approximate surface area is 216 Å². The highest BCUT2D eigenvalue weighted by atomic mass is 35.5. The van der Waals surface area contributed by atoms with E-state index in [0.29, 0.717) is 5.75 Å². The normalized spacial score (nSPS) is 16.8. The number of hydrogen-bond donors (Lipinski definition) is 1. The molecule has 186 valence electrons. The number of amides is 1. The standard InChI is InChI=1S/C26H20Cl2FNO6/c1-34-14-8-6-7-13(11-14)30-21(15-9-4-5-10-18(15)29)19(23(32)26(30)33)22(31)16-12-17(27)25(36-3)20(28)24(16)35-2/h4-12,21,31H,1-3H3/b22-19+. The lowest BCUT2D eigenvalue weighted by atomic mass is 9.94. The van der Waals surface area contributed by atoms with Crippen molar-refractivity contribution in [3.05, 3.63) is 87.2 Å². The molecule has 0 spiro atoms. The van der Waals surface area contributed by atoms with Gasteiger partial charge in [0.25, 0.3) is 11.7 Å². The van der Waals surface area contributed by atoms with Crippen LogP contribution in [-0.2, 0) is 9.59 Å². The number of halogens is 3. The van der Waals surface area contributed by atoms with Crippen LogP contribution in [0, 0.1) is 5.82 Å². The van der Waals surface area contributed by atoms with Crippen LogP contribution in [0.25, 0.3) is 5.76 Å². The van der Waals surface area contributed by atoms with Crippen LogP contribution in [0.5, 0.6) is 17.2 Å². The molecule has 7 nitrogen and oxygen atoms in total. The van der Waals surface area contributed by atoms with Gasteiger partial charge in [-0.1, -0.05) is 47.5 Å². The van der Waals surface area contributed by atoms with E-state index >= 15 is 4.39 Å². The fraction of sp³-hybridized carbons (Fsp3) is 0.154. The molecular weight excluding hydrogens is 512 g/mol. The minimum atomic E-state index is -1.32. The van der Waals surface area contributed by atoms with Gasteiger partial charge in [0.1, 0.15) is 22.3 Å². The van der Waals surface area contributed by atoms with Crippen molar-refractivity contribution in [3.8, 4) is 17.2 Å². The lowest BCUT2D eigenvalue weighted by molar-refractivity contribution is -0.132. The molecule has 1 atom stereocenters. The molecule has 36 heavy (non-hydrogen) atoms. The van der Waals surface area contributed by atoms with Crippen LogP contribution in [0.15, 0.2) is 60.2 Å².